The van der Waals surface area contributed by atoms with Gasteiger partial charge in [0.25, 0.3) is 5.91 Å². The lowest BCUT2D eigenvalue weighted by molar-refractivity contribution is 0.0740. The third-order valence-corrected chi connectivity index (χ3v) is 3.03. The van der Waals surface area contributed by atoms with Crippen LogP contribution in [0.2, 0.25) is 0 Å². The Morgan fingerprint density at radius 2 is 1.95 bits per heavy atom. The van der Waals surface area contributed by atoms with E-state index in [9.17, 15) is 4.79 Å². The first-order valence-electron chi connectivity index (χ1n) is 6.69. The summed E-state index contributed by atoms with van der Waals surface area (Å²) in [6, 6.07) is 9.23. The molecule has 0 fully saturated rings. The quantitative estimate of drug-likeness (QED) is 0.913. The Labute approximate surface area is 119 Å². The van der Waals surface area contributed by atoms with E-state index in [1.807, 2.05) is 24.3 Å². The van der Waals surface area contributed by atoms with Crippen molar-refractivity contribution in [2.45, 2.75) is 20.8 Å². The predicted octanol–water partition coefficient (Wildman–Crippen LogP) is 2.94. The highest BCUT2D eigenvalue weighted by atomic mass is 16.2. The van der Waals surface area contributed by atoms with E-state index in [1.54, 1.807) is 18.0 Å². The molecule has 2 N–H and O–H groups in total. The van der Waals surface area contributed by atoms with Crippen molar-refractivity contribution in [2.75, 3.05) is 19.3 Å². The van der Waals surface area contributed by atoms with Gasteiger partial charge >= 0.3 is 0 Å². The van der Waals surface area contributed by atoms with E-state index in [0.717, 1.165) is 10.9 Å². The molecule has 0 aliphatic rings. The molecule has 0 spiro atoms. The largest absolute Gasteiger partial charge is 0.398 e. The number of para-hydroxylation sites is 1. The summed E-state index contributed by atoms with van der Waals surface area (Å²) in [7, 11) is 1.79. The van der Waals surface area contributed by atoms with Gasteiger partial charge in [0.1, 0.15) is 5.69 Å². The minimum absolute atomic E-state index is 0.0484. The number of aromatic nitrogens is 1. The predicted molar refractivity (Wildman–Crippen MR) is 82.6 cm³/mol. The molecule has 0 saturated heterocycles. The summed E-state index contributed by atoms with van der Waals surface area (Å²) < 4.78 is 0. The van der Waals surface area contributed by atoms with Gasteiger partial charge in [-0.3, -0.25) is 4.79 Å². The Morgan fingerprint density at radius 1 is 1.30 bits per heavy atom. The fourth-order valence-electron chi connectivity index (χ4n) is 2.29. The Morgan fingerprint density at radius 3 is 2.60 bits per heavy atom. The molecule has 0 aliphatic heterocycles. The van der Waals surface area contributed by atoms with Gasteiger partial charge in [-0.05, 0) is 17.5 Å². The third kappa shape index (κ3) is 3.07. The fraction of sp³-hybridized carbons (Fsp3) is 0.375. The van der Waals surface area contributed by atoms with Gasteiger partial charge in [-0.15, -0.1) is 0 Å². The standard InChI is InChI=1S/C16H21N3O/c1-16(2,3)10-19(4)15(20)14-9-12(17)11-7-5-6-8-13(11)18-14/h5-9H,10H2,1-4H3,(H2,17,18). The van der Waals surface area contributed by atoms with Crippen LogP contribution in [0.5, 0.6) is 0 Å². The number of nitrogens with zero attached hydrogens (tertiary/aromatic N) is 2. The van der Waals surface area contributed by atoms with Crippen LogP contribution in [0.3, 0.4) is 0 Å². The van der Waals surface area contributed by atoms with Crippen molar-refractivity contribution < 1.29 is 4.79 Å². The summed E-state index contributed by atoms with van der Waals surface area (Å²) in [6.45, 7) is 6.96. The summed E-state index contributed by atoms with van der Waals surface area (Å²) in [6.07, 6.45) is 0. The number of hydrogen-bond donors (Lipinski definition) is 1. The molecule has 0 aliphatic carbocycles. The molecule has 2 aromatic rings. The minimum Gasteiger partial charge on any atom is -0.398 e. The summed E-state index contributed by atoms with van der Waals surface area (Å²) in [5, 5.41) is 0.877. The number of nitrogens with two attached hydrogens (primary N) is 1. The van der Waals surface area contributed by atoms with Crippen LogP contribution >= 0.6 is 0 Å². The zero-order valence-corrected chi connectivity index (χ0v) is 12.5. The van der Waals surface area contributed by atoms with Crippen molar-refractivity contribution in [1.29, 1.82) is 0 Å². The number of fused-ring (bicyclic) bond motifs is 1. The van der Waals surface area contributed by atoms with Crippen LogP contribution < -0.4 is 5.73 Å². The van der Waals surface area contributed by atoms with E-state index in [4.69, 9.17) is 5.73 Å². The van der Waals surface area contributed by atoms with Gasteiger partial charge in [0.15, 0.2) is 0 Å². The van der Waals surface area contributed by atoms with Gasteiger partial charge in [0, 0.05) is 24.7 Å². The van der Waals surface area contributed by atoms with Crippen LogP contribution in [0.25, 0.3) is 10.9 Å². The van der Waals surface area contributed by atoms with Crippen molar-refractivity contribution in [3.05, 3.63) is 36.0 Å². The van der Waals surface area contributed by atoms with Crippen molar-refractivity contribution >= 4 is 22.5 Å². The molecule has 0 saturated carbocycles. The molecular formula is C16H21N3O. The summed E-state index contributed by atoms with van der Waals surface area (Å²) in [4.78, 5) is 18.5. The van der Waals surface area contributed by atoms with Crippen LogP contribution in [0, 0.1) is 5.41 Å². The average Bonchev–Trinajstić information content (AvgIpc) is 2.35. The van der Waals surface area contributed by atoms with E-state index in [0.29, 0.717) is 17.9 Å². The van der Waals surface area contributed by atoms with Crippen LogP contribution in [-0.4, -0.2) is 29.4 Å². The normalized spacial score (nSPS) is 11.6. The first kappa shape index (κ1) is 14.3. The highest BCUT2D eigenvalue weighted by molar-refractivity contribution is 5.99. The molecular weight excluding hydrogens is 250 g/mol. The second-order valence-electron chi connectivity index (χ2n) is 6.34. The van der Waals surface area contributed by atoms with Crippen molar-refractivity contribution in [3.63, 3.8) is 0 Å². The maximum absolute atomic E-state index is 12.4. The molecule has 20 heavy (non-hydrogen) atoms. The molecule has 0 atom stereocenters. The molecule has 2 rings (SSSR count). The molecule has 4 nitrogen and oxygen atoms in total. The maximum Gasteiger partial charge on any atom is 0.272 e. The smallest absolute Gasteiger partial charge is 0.272 e. The number of benzene rings is 1. The minimum atomic E-state index is -0.0996. The molecule has 1 aromatic heterocycles. The Kier molecular flexibility index (Phi) is 3.66. The number of carbonyl (C=O) groups excluding carboxylic acids is 1. The average molecular weight is 271 g/mol. The Balaban J connectivity index is 2.35. The Bertz CT molecular complexity index is 644. The highest BCUT2D eigenvalue weighted by Gasteiger charge is 2.20. The highest BCUT2D eigenvalue weighted by Crippen LogP contribution is 2.21. The van der Waals surface area contributed by atoms with E-state index in [-0.39, 0.29) is 11.3 Å². The van der Waals surface area contributed by atoms with E-state index in [2.05, 4.69) is 25.8 Å². The van der Waals surface area contributed by atoms with Crippen LogP contribution in [0.15, 0.2) is 30.3 Å². The number of anilines is 1. The zero-order valence-electron chi connectivity index (χ0n) is 12.5. The molecule has 4 heteroatoms. The molecule has 1 amide bonds. The zero-order chi connectivity index (χ0) is 14.9. The number of hydrogen-bond acceptors (Lipinski definition) is 3. The lowest BCUT2D eigenvalue weighted by Crippen LogP contribution is -2.35. The molecule has 0 bridgehead atoms. The number of rotatable bonds is 2. The number of pyridine rings is 1. The lowest BCUT2D eigenvalue weighted by Gasteiger charge is -2.26. The van der Waals surface area contributed by atoms with Gasteiger partial charge < -0.3 is 10.6 Å². The van der Waals surface area contributed by atoms with Gasteiger partial charge in [-0.25, -0.2) is 4.98 Å². The topological polar surface area (TPSA) is 59.2 Å². The molecule has 0 unspecified atom stereocenters. The number of amides is 1. The SMILES string of the molecule is CN(CC(C)(C)C)C(=O)c1cc(N)c2ccccc2n1. The monoisotopic (exact) mass is 271 g/mol. The van der Waals surface area contributed by atoms with E-state index < -0.39 is 0 Å². The maximum atomic E-state index is 12.4. The molecule has 1 heterocycles. The summed E-state index contributed by atoms with van der Waals surface area (Å²) in [5.41, 5.74) is 7.79. The Hall–Kier alpha value is -2.10. The third-order valence-electron chi connectivity index (χ3n) is 3.03. The van der Waals surface area contributed by atoms with E-state index >= 15 is 0 Å². The van der Waals surface area contributed by atoms with Gasteiger partial charge in [-0.1, -0.05) is 39.0 Å². The lowest BCUT2D eigenvalue weighted by atomic mass is 9.96. The van der Waals surface area contributed by atoms with Gasteiger partial charge in [0.05, 0.1) is 5.52 Å². The fourth-order valence-corrected chi connectivity index (χ4v) is 2.29. The van der Waals surface area contributed by atoms with Crippen molar-refractivity contribution in [3.8, 4) is 0 Å². The van der Waals surface area contributed by atoms with Crippen molar-refractivity contribution in [1.82, 2.24) is 9.88 Å². The van der Waals surface area contributed by atoms with Crippen molar-refractivity contribution in [2.24, 2.45) is 5.41 Å². The molecule has 0 radical (unpaired) electrons. The van der Waals surface area contributed by atoms with E-state index in [1.165, 1.54) is 0 Å². The first-order chi connectivity index (χ1) is 9.28. The van der Waals surface area contributed by atoms with Crippen LogP contribution in [-0.2, 0) is 0 Å². The second kappa shape index (κ2) is 5.12. The number of carbonyl (C=O) groups is 1. The summed E-state index contributed by atoms with van der Waals surface area (Å²) in [5.74, 6) is -0.0996. The summed E-state index contributed by atoms with van der Waals surface area (Å²) >= 11 is 0. The molecule has 106 valence electrons. The molecule has 1 aromatic carbocycles. The van der Waals surface area contributed by atoms with Gasteiger partial charge in [-0.2, -0.15) is 0 Å². The second-order valence-corrected chi connectivity index (χ2v) is 6.34. The van der Waals surface area contributed by atoms with Gasteiger partial charge in [0.2, 0.25) is 0 Å². The number of nitrogen functional groups attached to an aromatic ring is 1. The first-order valence-corrected chi connectivity index (χ1v) is 6.69. The van der Waals surface area contributed by atoms with Crippen LogP contribution in [0.1, 0.15) is 31.3 Å². The van der Waals surface area contributed by atoms with Crippen LogP contribution in [0.4, 0.5) is 5.69 Å².